The third-order valence-corrected chi connectivity index (χ3v) is 5.35. The number of allylic oxidation sites excluding steroid dienone is 1. The maximum absolute atomic E-state index is 11.5. The van der Waals surface area contributed by atoms with Gasteiger partial charge in [0.05, 0.1) is 12.9 Å². The molecule has 0 bridgehead atoms. The molecule has 0 radical (unpaired) electrons. The Bertz CT molecular complexity index is 290. The number of hydrogen-bond donors (Lipinski definition) is 0. The van der Waals surface area contributed by atoms with E-state index in [2.05, 4.69) is 6.92 Å². The van der Waals surface area contributed by atoms with E-state index in [1.54, 1.807) is 0 Å². The van der Waals surface area contributed by atoms with Gasteiger partial charge in [-0.25, -0.2) is 0 Å². The van der Waals surface area contributed by atoms with E-state index < -0.39 is 10.8 Å². The van der Waals surface area contributed by atoms with Gasteiger partial charge in [-0.3, -0.25) is 4.21 Å². The summed E-state index contributed by atoms with van der Waals surface area (Å²) in [7, 11) is -0.616. The van der Waals surface area contributed by atoms with Gasteiger partial charge in [-0.1, -0.05) is 6.92 Å². The molecule has 1 heterocycles. The third kappa shape index (κ3) is 3.34. The zero-order chi connectivity index (χ0) is 11.4. The summed E-state index contributed by atoms with van der Waals surface area (Å²) in [5, 5.41) is 0. The minimum absolute atomic E-state index is 0.138. The van der Waals surface area contributed by atoms with Gasteiger partial charge in [-0.2, -0.15) is 0 Å². The van der Waals surface area contributed by atoms with Crippen LogP contribution in [0.15, 0.2) is 11.8 Å². The van der Waals surface area contributed by atoms with Crippen molar-refractivity contribution in [3.63, 3.8) is 0 Å². The highest BCUT2D eigenvalue weighted by molar-refractivity contribution is 7.85. The quantitative estimate of drug-likeness (QED) is 0.711. The van der Waals surface area contributed by atoms with Crippen LogP contribution in [0.5, 0.6) is 0 Å². The van der Waals surface area contributed by atoms with Crippen molar-refractivity contribution in [2.45, 2.75) is 45.4 Å². The van der Waals surface area contributed by atoms with Crippen LogP contribution in [0.3, 0.4) is 0 Å². The Morgan fingerprint density at radius 3 is 2.81 bits per heavy atom. The summed E-state index contributed by atoms with van der Waals surface area (Å²) in [5.74, 6) is 1.70. The van der Waals surface area contributed by atoms with Crippen LogP contribution >= 0.6 is 0 Å². The van der Waals surface area contributed by atoms with Crippen molar-refractivity contribution >= 4 is 10.8 Å². The lowest BCUT2D eigenvalue weighted by atomic mass is 9.88. The van der Waals surface area contributed by atoms with Crippen LogP contribution in [0.25, 0.3) is 0 Å². The highest BCUT2D eigenvalue weighted by atomic mass is 32.2. The zero-order valence-corrected chi connectivity index (χ0v) is 11.0. The number of rotatable bonds is 3. The maximum atomic E-state index is 11.5. The number of hydrogen-bond acceptors (Lipinski definition) is 2. The SMILES string of the molecule is CC1(COC=C2CCCC2)CCCS(=O)C1. The highest BCUT2D eigenvalue weighted by Crippen LogP contribution is 2.30. The second kappa shape index (κ2) is 5.35. The summed E-state index contributed by atoms with van der Waals surface area (Å²) in [5.41, 5.74) is 1.60. The van der Waals surface area contributed by atoms with Gasteiger partial charge in [-0.05, 0) is 44.1 Å². The fourth-order valence-electron chi connectivity index (χ4n) is 2.61. The fraction of sp³-hybridized carbons (Fsp3) is 0.846. The van der Waals surface area contributed by atoms with E-state index in [-0.39, 0.29) is 5.41 Å². The first-order valence-corrected chi connectivity index (χ1v) is 7.81. The molecule has 0 aromatic rings. The molecule has 16 heavy (non-hydrogen) atoms. The molecule has 0 N–H and O–H groups in total. The first-order chi connectivity index (χ1) is 7.68. The molecule has 0 aromatic carbocycles. The van der Waals surface area contributed by atoms with Crippen molar-refractivity contribution in [2.24, 2.45) is 5.41 Å². The summed E-state index contributed by atoms with van der Waals surface area (Å²) < 4.78 is 17.3. The molecule has 2 atom stereocenters. The van der Waals surface area contributed by atoms with E-state index in [0.29, 0.717) is 0 Å². The Morgan fingerprint density at radius 2 is 2.12 bits per heavy atom. The van der Waals surface area contributed by atoms with E-state index in [1.807, 2.05) is 6.26 Å². The summed E-state index contributed by atoms with van der Waals surface area (Å²) in [6.45, 7) is 2.94. The molecule has 0 aromatic heterocycles. The first-order valence-electron chi connectivity index (χ1n) is 6.32. The smallest absolute Gasteiger partial charge is 0.0935 e. The topological polar surface area (TPSA) is 26.3 Å². The molecule has 1 saturated heterocycles. The van der Waals surface area contributed by atoms with Gasteiger partial charge >= 0.3 is 0 Å². The van der Waals surface area contributed by atoms with Crippen LogP contribution in [0, 0.1) is 5.41 Å². The maximum Gasteiger partial charge on any atom is 0.0935 e. The molecule has 2 unspecified atom stereocenters. The summed E-state index contributed by atoms with van der Waals surface area (Å²) >= 11 is 0. The Labute approximate surface area is 101 Å². The van der Waals surface area contributed by atoms with Crippen molar-refractivity contribution < 1.29 is 8.95 Å². The Balaban J connectivity index is 1.79. The molecule has 2 fully saturated rings. The molecule has 1 saturated carbocycles. The van der Waals surface area contributed by atoms with E-state index >= 15 is 0 Å². The Kier molecular flexibility index (Phi) is 4.06. The van der Waals surface area contributed by atoms with Crippen LogP contribution < -0.4 is 0 Å². The van der Waals surface area contributed by atoms with Crippen molar-refractivity contribution in [3.05, 3.63) is 11.8 Å². The van der Waals surface area contributed by atoms with Gasteiger partial charge in [-0.15, -0.1) is 0 Å². The molecule has 92 valence electrons. The Hall–Kier alpha value is -0.310. The lowest BCUT2D eigenvalue weighted by molar-refractivity contribution is 0.127. The second-order valence-electron chi connectivity index (χ2n) is 5.50. The van der Waals surface area contributed by atoms with Gasteiger partial charge in [0.15, 0.2) is 0 Å². The minimum Gasteiger partial charge on any atom is -0.501 e. The molecule has 0 spiro atoms. The molecular weight excluding hydrogens is 220 g/mol. The predicted molar refractivity (Wildman–Crippen MR) is 67.7 cm³/mol. The van der Waals surface area contributed by atoms with Crippen LogP contribution in [0.4, 0.5) is 0 Å². The van der Waals surface area contributed by atoms with Gasteiger partial charge in [0.25, 0.3) is 0 Å². The fourth-order valence-corrected chi connectivity index (χ4v) is 4.23. The van der Waals surface area contributed by atoms with Crippen molar-refractivity contribution in [2.75, 3.05) is 18.1 Å². The highest BCUT2D eigenvalue weighted by Gasteiger charge is 2.31. The first kappa shape index (κ1) is 12.2. The zero-order valence-electron chi connectivity index (χ0n) is 10.2. The van der Waals surface area contributed by atoms with Crippen molar-refractivity contribution in [3.8, 4) is 0 Å². The lowest BCUT2D eigenvalue weighted by Gasteiger charge is -2.32. The van der Waals surface area contributed by atoms with E-state index in [9.17, 15) is 4.21 Å². The number of ether oxygens (including phenoxy) is 1. The van der Waals surface area contributed by atoms with Crippen molar-refractivity contribution in [1.82, 2.24) is 0 Å². The predicted octanol–water partition coefficient (Wildman–Crippen LogP) is 3.01. The van der Waals surface area contributed by atoms with Gasteiger partial charge in [0.2, 0.25) is 0 Å². The summed E-state index contributed by atoms with van der Waals surface area (Å²) in [4.78, 5) is 0. The molecule has 1 aliphatic heterocycles. The monoisotopic (exact) mass is 242 g/mol. The molecule has 1 aliphatic carbocycles. The largest absolute Gasteiger partial charge is 0.501 e. The van der Waals surface area contributed by atoms with Crippen LogP contribution in [-0.2, 0) is 15.5 Å². The minimum atomic E-state index is -0.616. The van der Waals surface area contributed by atoms with Crippen LogP contribution in [0.2, 0.25) is 0 Å². The van der Waals surface area contributed by atoms with Gasteiger partial charge < -0.3 is 4.74 Å². The normalized spacial score (nSPS) is 35.1. The lowest BCUT2D eigenvalue weighted by Crippen LogP contribution is -2.34. The second-order valence-corrected chi connectivity index (χ2v) is 7.07. The van der Waals surface area contributed by atoms with E-state index in [4.69, 9.17) is 4.74 Å². The summed E-state index contributed by atoms with van der Waals surface area (Å²) in [6, 6.07) is 0. The van der Waals surface area contributed by atoms with Gasteiger partial charge in [0.1, 0.15) is 0 Å². The standard InChI is InChI=1S/C13H22O2S/c1-13(7-4-8-16(14)11-13)10-15-9-12-5-2-3-6-12/h9H,2-8,10-11H2,1H3. The molecule has 2 nitrogen and oxygen atoms in total. The third-order valence-electron chi connectivity index (χ3n) is 3.59. The molecule has 0 amide bonds. The molecule has 2 aliphatic rings. The average molecular weight is 242 g/mol. The van der Waals surface area contributed by atoms with Crippen molar-refractivity contribution in [1.29, 1.82) is 0 Å². The van der Waals surface area contributed by atoms with E-state index in [0.717, 1.165) is 31.0 Å². The van der Waals surface area contributed by atoms with Gasteiger partial charge in [0, 0.05) is 27.7 Å². The average Bonchev–Trinajstić information content (AvgIpc) is 2.69. The van der Waals surface area contributed by atoms with Crippen LogP contribution in [0.1, 0.15) is 45.4 Å². The van der Waals surface area contributed by atoms with Crippen LogP contribution in [-0.4, -0.2) is 22.3 Å². The summed E-state index contributed by atoms with van der Waals surface area (Å²) in [6.07, 6.45) is 9.26. The molecular formula is C13H22O2S. The Morgan fingerprint density at radius 1 is 1.38 bits per heavy atom. The molecule has 2 rings (SSSR count). The molecule has 3 heteroatoms. The van der Waals surface area contributed by atoms with E-state index in [1.165, 1.54) is 31.3 Å².